The number of nitrogens with zero attached hydrogens (tertiary/aromatic N) is 1. The van der Waals surface area contributed by atoms with E-state index in [2.05, 4.69) is 17.5 Å². The molecule has 0 radical (unpaired) electrons. The van der Waals surface area contributed by atoms with Gasteiger partial charge in [-0.05, 0) is 25.2 Å². The molecule has 1 aliphatic rings. The van der Waals surface area contributed by atoms with Crippen molar-refractivity contribution in [1.82, 2.24) is 5.43 Å². The highest BCUT2D eigenvalue weighted by Gasteiger charge is 2.16. The topological polar surface area (TPSA) is 41.5 Å². The molecule has 3 nitrogen and oxygen atoms in total. The van der Waals surface area contributed by atoms with Crippen LogP contribution in [-0.4, -0.2) is 11.6 Å². The van der Waals surface area contributed by atoms with Crippen LogP contribution in [0.2, 0.25) is 0 Å². The lowest BCUT2D eigenvalue weighted by Crippen LogP contribution is -2.23. The van der Waals surface area contributed by atoms with Crippen molar-refractivity contribution in [1.29, 1.82) is 0 Å². The molecule has 0 aromatic heterocycles. The van der Waals surface area contributed by atoms with Crippen molar-refractivity contribution in [2.24, 2.45) is 16.9 Å². The quantitative estimate of drug-likeness (QED) is 0.651. The van der Waals surface area contributed by atoms with Gasteiger partial charge < -0.3 is 0 Å². The number of nitrogens with one attached hydrogen (secondary N) is 1. The molecule has 74 valence electrons. The van der Waals surface area contributed by atoms with E-state index in [4.69, 9.17) is 0 Å². The van der Waals surface area contributed by atoms with Crippen LogP contribution in [0.5, 0.6) is 0 Å². The SMILES string of the molecule is CC1CC/C(=N/NC(=O)C(C)C)C1. The number of hydrogen-bond acceptors (Lipinski definition) is 2. The Morgan fingerprint density at radius 3 is 2.77 bits per heavy atom. The summed E-state index contributed by atoms with van der Waals surface area (Å²) in [5.41, 5.74) is 3.73. The van der Waals surface area contributed by atoms with Gasteiger partial charge in [0.15, 0.2) is 0 Å². The molecule has 1 rings (SSSR count). The Kier molecular flexibility index (Phi) is 3.46. The Bertz CT molecular complexity index is 221. The van der Waals surface area contributed by atoms with Crippen LogP contribution in [0, 0.1) is 11.8 Å². The van der Waals surface area contributed by atoms with Gasteiger partial charge in [0.1, 0.15) is 0 Å². The molecule has 0 aliphatic heterocycles. The van der Waals surface area contributed by atoms with Crippen molar-refractivity contribution in [3.63, 3.8) is 0 Å². The van der Waals surface area contributed by atoms with Crippen LogP contribution in [0.1, 0.15) is 40.0 Å². The summed E-state index contributed by atoms with van der Waals surface area (Å²) in [7, 11) is 0. The molecule has 1 unspecified atom stereocenters. The summed E-state index contributed by atoms with van der Waals surface area (Å²) in [6, 6.07) is 0. The molecule has 1 N–H and O–H groups in total. The Labute approximate surface area is 79.6 Å². The zero-order valence-electron chi connectivity index (χ0n) is 8.63. The summed E-state index contributed by atoms with van der Waals surface area (Å²) in [6.45, 7) is 5.95. The van der Waals surface area contributed by atoms with Gasteiger partial charge in [-0.15, -0.1) is 0 Å². The molecule has 1 atom stereocenters. The standard InChI is InChI=1S/C10H18N2O/c1-7(2)10(13)12-11-9-5-4-8(3)6-9/h7-8H,4-6H2,1-3H3,(H,12,13)/b11-9-. The largest absolute Gasteiger partial charge is 0.273 e. The van der Waals surface area contributed by atoms with E-state index in [9.17, 15) is 4.79 Å². The highest BCUT2D eigenvalue weighted by atomic mass is 16.2. The first-order chi connectivity index (χ1) is 6.09. The highest BCUT2D eigenvalue weighted by Crippen LogP contribution is 2.21. The summed E-state index contributed by atoms with van der Waals surface area (Å²) in [4.78, 5) is 11.2. The molecule has 3 heteroatoms. The number of amides is 1. The number of carbonyl (C=O) groups excluding carboxylic acids is 1. The third-order valence-corrected chi connectivity index (χ3v) is 2.36. The third-order valence-electron chi connectivity index (χ3n) is 2.36. The zero-order chi connectivity index (χ0) is 9.84. The van der Waals surface area contributed by atoms with Crippen LogP contribution in [0.3, 0.4) is 0 Å². The van der Waals surface area contributed by atoms with Gasteiger partial charge in [-0.1, -0.05) is 20.8 Å². The van der Waals surface area contributed by atoms with Crippen molar-refractivity contribution in [2.45, 2.75) is 40.0 Å². The normalized spacial score (nSPS) is 25.5. The first kappa shape index (κ1) is 10.2. The predicted octanol–water partition coefficient (Wildman–Crippen LogP) is 1.93. The fourth-order valence-corrected chi connectivity index (χ4v) is 1.38. The van der Waals surface area contributed by atoms with Gasteiger partial charge in [-0.2, -0.15) is 5.10 Å². The molecular weight excluding hydrogens is 164 g/mol. The van der Waals surface area contributed by atoms with Crippen LogP contribution in [0.15, 0.2) is 5.10 Å². The minimum atomic E-state index is 0.00653. The first-order valence-electron chi connectivity index (χ1n) is 4.95. The molecular formula is C10H18N2O. The monoisotopic (exact) mass is 182 g/mol. The molecule has 1 saturated carbocycles. The van der Waals surface area contributed by atoms with E-state index in [1.165, 1.54) is 6.42 Å². The van der Waals surface area contributed by atoms with Crippen LogP contribution < -0.4 is 5.43 Å². The summed E-state index contributed by atoms with van der Waals surface area (Å²) >= 11 is 0. The molecule has 0 saturated heterocycles. The van der Waals surface area contributed by atoms with Crippen molar-refractivity contribution < 1.29 is 4.79 Å². The van der Waals surface area contributed by atoms with E-state index in [1.54, 1.807) is 0 Å². The molecule has 1 amide bonds. The lowest BCUT2D eigenvalue weighted by Gasteiger charge is -2.03. The highest BCUT2D eigenvalue weighted by molar-refractivity contribution is 5.88. The second-order valence-electron chi connectivity index (χ2n) is 4.16. The molecule has 0 heterocycles. The second-order valence-corrected chi connectivity index (χ2v) is 4.16. The van der Waals surface area contributed by atoms with Crippen molar-refractivity contribution in [3.8, 4) is 0 Å². The molecule has 1 aliphatic carbocycles. The number of carbonyl (C=O) groups is 1. The van der Waals surface area contributed by atoms with E-state index in [0.717, 1.165) is 24.5 Å². The fraction of sp³-hybridized carbons (Fsp3) is 0.800. The van der Waals surface area contributed by atoms with Crippen molar-refractivity contribution >= 4 is 11.6 Å². The number of hydrogen-bond donors (Lipinski definition) is 1. The Morgan fingerprint density at radius 1 is 1.62 bits per heavy atom. The van der Waals surface area contributed by atoms with Gasteiger partial charge in [0.25, 0.3) is 0 Å². The van der Waals surface area contributed by atoms with Crippen LogP contribution >= 0.6 is 0 Å². The maximum absolute atomic E-state index is 11.2. The predicted molar refractivity (Wildman–Crippen MR) is 53.4 cm³/mol. The Morgan fingerprint density at radius 2 is 2.31 bits per heavy atom. The average molecular weight is 182 g/mol. The van der Waals surface area contributed by atoms with Gasteiger partial charge in [0.05, 0.1) is 0 Å². The lowest BCUT2D eigenvalue weighted by atomic mass is 10.1. The van der Waals surface area contributed by atoms with Gasteiger partial charge in [0.2, 0.25) is 5.91 Å². The summed E-state index contributed by atoms with van der Waals surface area (Å²) in [5, 5.41) is 4.11. The molecule has 0 aromatic carbocycles. The van der Waals surface area contributed by atoms with Crippen LogP contribution in [0.4, 0.5) is 0 Å². The first-order valence-corrected chi connectivity index (χ1v) is 4.95. The van der Waals surface area contributed by atoms with E-state index >= 15 is 0 Å². The van der Waals surface area contributed by atoms with E-state index in [-0.39, 0.29) is 11.8 Å². The van der Waals surface area contributed by atoms with Crippen molar-refractivity contribution in [2.75, 3.05) is 0 Å². The fourth-order valence-electron chi connectivity index (χ4n) is 1.38. The van der Waals surface area contributed by atoms with Crippen LogP contribution in [-0.2, 0) is 4.79 Å². The Balaban J connectivity index is 2.36. The number of hydrazone groups is 1. The van der Waals surface area contributed by atoms with Crippen LogP contribution in [0.25, 0.3) is 0 Å². The molecule has 0 bridgehead atoms. The Hall–Kier alpha value is -0.860. The van der Waals surface area contributed by atoms with Gasteiger partial charge >= 0.3 is 0 Å². The number of rotatable bonds is 2. The second kappa shape index (κ2) is 4.40. The zero-order valence-corrected chi connectivity index (χ0v) is 8.63. The summed E-state index contributed by atoms with van der Waals surface area (Å²) in [5.74, 6) is 0.755. The lowest BCUT2D eigenvalue weighted by molar-refractivity contribution is -0.123. The van der Waals surface area contributed by atoms with Gasteiger partial charge in [-0.3, -0.25) is 4.79 Å². The van der Waals surface area contributed by atoms with Gasteiger partial charge in [-0.25, -0.2) is 5.43 Å². The molecule has 1 fully saturated rings. The summed E-state index contributed by atoms with van der Waals surface area (Å²) in [6.07, 6.45) is 3.29. The molecule has 0 spiro atoms. The summed E-state index contributed by atoms with van der Waals surface area (Å²) < 4.78 is 0. The van der Waals surface area contributed by atoms with Crippen molar-refractivity contribution in [3.05, 3.63) is 0 Å². The minimum Gasteiger partial charge on any atom is -0.273 e. The smallest absolute Gasteiger partial charge is 0.242 e. The van der Waals surface area contributed by atoms with E-state index < -0.39 is 0 Å². The maximum atomic E-state index is 11.2. The van der Waals surface area contributed by atoms with E-state index in [1.807, 2.05) is 13.8 Å². The van der Waals surface area contributed by atoms with Gasteiger partial charge in [0, 0.05) is 11.6 Å². The van der Waals surface area contributed by atoms with E-state index in [0.29, 0.717) is 0 Å². The molecule has 0 aromatic rings. The average Bonchev–Trinajstić information content (AvgIpc) is 2.47. The molecule has 13 heavy (non-hydrogen) atoms. The minimum absolute atomic E-state index is 0.00653. The maximum Gasteiger partial charge on any atom is 0.242 e. The third kappa shape index (κ3) is 3.17.